The first-order valence-electron chi connectivity index (χ1n) is 6.41. The smallest absolute Gasteiger partial charge is 0.243 e. The Bertz CT molecular complexity index is 606. The molecule has 110 valence electrons. The van der Waals surface area contributed by atoms with Crippen LogP contribution in [0.1, 0.15) is 17.5 Å². The third-order valence-corrected chi connectivity index (χ3v) is 6.60. The van der Waals surface area contributed by atoms with Gasteiger partial charge in [0.1, 0.15) is 4.99 Å². The summed E-state index contributed by atoms with van der Waals surface area (Å²) < 4.78 is 27.0. The number of sulfonamides is 1. The van der Waals surface area contributed by atoms with Crippen molar-refractivity contribution in [3.63, 3.8) is 0 Å². The van der Waals surface area contributed by atoms with Crippen molar-refractivity contribution in [2.75, 3.05) is 24.6 Å². The SMILES string of the molecule is Cc1cc(C(N)=S)ccc1S(=O)(=O)N1CCCSCC1. The fraction of sp³-hybridized carbons (Fsp3) is 0.462. The molecule has 20 heavy (non-hydrogen) atoms. The number of thiocarbonyl (C=S) groups is 1. The number of nitrogens with two attached hydrogens (primary N) is 1. The van der Waals surface area contributed by atoms with Crippen molar-refractivity contribution in [2.24, 2.45) is 5.73 Å². The number of thioether (sulfide) groups is 1. The van der Waals surface area contributed by atoms with Crippen LogP contribution in [-0.2, 0) is 10.0 Å². The highest BCUT2D eigenvalue weighted by atomic mass is 32.2. The van der Waals surface area contributed by atoms with Crippen molar-refractivity contribution >= 4 is 39.0 Å². The maximum Gasteiger partial charge on any atom is 0.243 e. The van der Waals surface area contributed by atoms with Crippen LogP contribution in [0, 0.1) is 6.92 Å². The maximum atomic E-state index is 12.7. The van der Waals surface area contributed by atoms with Crippen LogP contribution in [0.4, 0.5) is 0 Å². The average Bonchev–Trinajstić information content (AvgIpc) is 2.67. The van der Waals surface area contributed by atoms with Gasteiger partial charge in [0.15, 0.2) is 0 Å². The maximum absolute atomic E-state index is 12.7. The summed E-state index contributed by atoms with van der Waals surface area (Å²) in [5, 5.41) is 0. The Balaban J connectivity index is 2.36. The second kappa shape index (κ2) is 6.43. The van der Waals surface area contributed by atoms with E-state index in [1.54, 1.807) is 41.2 Å². The molecule has 1 heterocycles. The molecule has 0 radical (unpaired) electrons. The van der Waals surface area contributed by atoms with Crippen molar-refractivity contribution in [3.05, 3.63) is 29.3 Å². The monoisotopic (exact) mass is 330 g/mol. The van der Waals surface area contributed by atoms with Crippen molar-refractivity contribution in [1.29, 1.82) is 0 Å². The summed E-state index contributed by atoms with van der Waals surface area (Å²) in [6.45, 7) is 2.94. The number of benzene rings is 1. The highest BCUT2D eigenvalue weighted by Gasteiger charge is 2.26. The second-order valence-electron chi connectivity index (χ2n) is 4.71. The first kappa shape index (κ1) is 15.8. The van der Waals surface area contributed by atoms with Gasteiger partial charge in [-0.25, -0.2) is 8.42 Å². The predicted octanol–water partition coefficient (Wildman–Crippen LogP) is 1.76. The number of nitrogens with zero attached hydrogens (tertiary/aromatic N) is 1. The quantitative estimate of drug-likeness (QED) is 0.856. The Morgan fingerprint density at radius 3 is 2.75 bits per heavy atom. The van der Waals surface area contributed by atoms with E-state index in [-0.39, 0.29) is 4.99 Å². The Morgan fingerprint density at radius 1 is 1.35 bits per heavy atom. The molecule has 0 saturated carbocycles. The van der Waals surface area contributed by atoms with Crippen LogP contribution >= 0.6 is 24.0 Å². The van der Waals surface area contributed by atoms with Crippen molar-refractivity contribution < 1.29 is 8.42 Å². The molecule has 2 rings (SSSR count). The largest absolute Gasteiger partial charge is 0.389 e. The van der Waals surface area contributed by atoms with E-state index in [0.29, 0.717) is 29.1 Å². The highest BCUT2D eigenvalue weighted by molar-refractivity contribution is 7.99. The molecule has 1 aromatic rings. The van der Waals surface area contributed by atoms with Gasteiger partial charge < -0.3 is 5.73 Å². The molecule has 0 atom stereocenters. The van der Waals surface area contributed by atoms with E-state index in [0.717, 1.165) is 17.9 Å². The fourth-order valence-electron chi connectivity index (χ4n) is 2.19. The van der Waals surface area contributed by atoms with Gasteiger partial charge in [0.25, 0.3) is 0 Å². The number of aryl methyl sites for hydroxylation is 1. The lowest BCUT2D eigenvalue weighted by molar-refractivity contribution is 0.434. The lowest BCUT2D eigenvalue weighted by Gasteiger charge is -2.21. The van der Waals surface area contributed by atoms with E-state index >= 15 is 0 Å². The van der Waals surface area contributed by atoms with Crippen LogP contribution in [-0.4, -0.2) is 42.3 Å². The summed E-state index contributed by atoms with van der Waals surface area (Å²) in [7, 11) is -3.42. The molecule has 0 unspecified atom stereocenters. The zero-order valence-corrected chi connectivity index (χ0v) is 13.8. The topological polar surface area (TPSA) is 63.4 Å². The van der Waals surface area contributed by atoms with Gasteiger partial charge in [-0.15, -0.1) is 0 Å². The first-order chi connectivity index (χ1) is 9.43. The van der Waals surface area contributed by atoms with Gasteiger partial charge in [-0.05, 0) is 36.8 Å². The van der Waals surface area contributed by atoms with E-state index in [9.17, 15) is 8.42 Å². The fourth-order valence-corrected chi connectivity index (χ4v) is 5.01. The van der Waals surface area contributed by atoms with E-state index in [4.69, 9.17) is 18.0 Å². The molecule has 0 bridgehead atoms. The van der Waals surface area contributed by atoms with Gasteiger partial charge in [0.05, 0.1) is 4.90 Å². The number of rotatable bonds is 3. The van der Waals surface area contributed by atoms with Crippen molar-refractivity contribution in [3.8, 4) is 0 Å². The highest BCUT2D eigenvalue weighted by Crippen LogP contribution is 2.23. The molecule has 1 aliphatic rings. The van der Waals surface area contributed by atoms with Crippen LogP contribution in [0.25, 0.3) is 0 Å². The van der Waals surface area contributed by atoms with Gasteiger partial charge in [-0.1, -0.05) is 18.3 Å². The number of hydrogen-bond acceptors (Lipinski definition) is 4. The standard InChI is InChI=1S/C13H18N2O2S3/c1-10-9-11(13(14)18)3-4-12(10)20(16,17)15-5-2-7-19-8-6-15/h3-4,9H,2,5-8H2,1H3,(H2,14,18). The first-order valence-corrected chi connectivity index (χ1v) is 9.41. The van der Waals surface area contributed by atoms with E-state index in [1.165, 1.54) is 0 Å². The molecule has 0 amide bonds. The lowest BCUT2D eigenvalue weighted by Crippen LogP contribution is -2.33. The van der Waals surface area contributed by atoms with Gasteiger partial charge in [-0.3, -0.25) is 0 Å². The number of hydrogen-bond donors (Lipinski definition) is 1. The predicted molar refractivity (Wildman–Crippen MR) is 87.8 cm³/mol. The molecular weight excluding hydrogens is 312 g/mol. The zero-order chi connectivity index (χ0) is 14.8. The molecular formula is C13H18N2O2S3. The normalized spacial score (nSPS) is 17.6. The van der Waals surface area contributed by atoms with Crippen molar-refractivity contribution in [1.82, 2.24) is 4.31 Å². The van der Waals surface area contributed by atoms with Gasteiger partial charge in [0, 0.05) is 24.4 Å². The molecule has 7 heteroatoms. The third kappa shape index (κ3) is 3.33. The summed E-state index contributed by atoms with van der Waals surface area (Å²) in [4.78, 5) is 0.632. The van der Waals surface area contributed by atoms with E-state index in [2.05, 4.69) is 0 Å². The van der Waals surface area contributed by atoms with Gasteiger partial charge >= 0.3 is 0 Å². The minimum atomic E-state index is -3.42. The summed E-state index contributed by atoms with van der Waals surface area (Å²) in [5.74, 6) is 1.87. The molecule has 1 fully saturated rings. The molecule has 0 aliphatic carbocycles. The van der Waals surface area contributed by atoms with Crippen LogP contribution in [0.3, 0.4) is 0 Å². The second-order valence-corrected chi connectivity index (χ2v) is 8.29. The van der Waals surface area contributed by atoms with E-state index < -0.39 is 10.0 Å². The van der Waals surface area contributed by atoms with Gasteiger partial charge in [0.2, 0.25) is 10.0 Å². The van der Waals surface area contributed by atoms with Crippen molar-refractivity contribution in [2.45, 2.75) is 18.2 Å². The molecule has 1 saturated heterocycles. The molecule has 0 aromatic heterocycles. The zero-order valence-electron chi connectivity index (χ0n) is 11.3. The molecule has 1 aromatic carbocycles. The Morgan fingerprint density at radius 2 is 2.10 bits per heavy atom. The van der Waals surface area contributed by atoms with Crippen LogP contribution in [0.5, 0.6) is 0 Å². The minimum absolute atomic E-state index is 0.281. The Hall–Kier alpha value is -0.630. The van der Waals surface area contributed by atoms with E-state index in [1.807, 2.05) is 0 Å². The molecule has 1 aliphatic heterocycles. The Labute approximate surface area is 129 Å². The van der Waals surface area contributed by atoms with Crippen LogP contribution in [0.15, 0.2) is 23.1 Å². The molecule has 4 nitrogen and oxygen atoms in total. The summed E-state index contributed by atoms with van der Waals surface area (Å²) in [6, 6.07) is 5.02. The van der Waals surface area contributed by atoms with Crippen LogP contribution < -0.4 is 5.73 Å². The molecule has 2 N–H and O–H groups in total. The van der Waals surface area contributed by atoms with Crippen LogP contribution in [0.2, 0.25) is 0 Å². The summed E-state index contributed by atoms with van der Waals surface area (Å²) in [5.41, 5.74) is 6.96. The molecule has 0 spiro atoms. The summed E-state index contributed by atoms with van der Waals surface area (Å²) >= 11 is 6.72. The average molecular weight is 331 g/mol. The van der Waals surface area contributed by atoms with Gasteiger partial charge in [-0.2, -0.15) is 16.1 Å². The third-order valence-electron chi connectivity index (χ3n) is 3.26. The summed E-state index contributed by atoms with van der Waals surface area (Å²) in [6.07, 6.45) is 0.897. The Kier molecular flexibility index (Phi) is 5.06. The minimum Gasteiger partial charge on any atom is -0.389 e. The lowest BCUT2D eigenvalue weighted by atomic mass is 10.1.